The molecule has 1 aromatic rings. The van der Waals surface area contributed by atoms with Crippen LogP contribution in [0.2, 0.25) is 0 Å². The summed E-state index contributed by atoms with van der Waals surface area (Å²) in [6.07, 6.45) is 1.44. The molecular weight excluding hydrogens is 234 g/mol. The van der Waals surface area contributed by atoms with E-state index < -0.39 is 0 Å². The Bertz CT molecular complexity index is 520. The minimum atomic E-state index is -0.262. The minimum absolute atomic E-state index is 0.0955. The first-order valence-corrected chi connectivity index (χ1v) is 6.22. The van der Waals surface area contributed by atoms with Crippen molar-refractivity contribution >= 4 is 0 Å². The van der Waals surface area contributed by atoms with Gasteiger partial charge < -0.3 is 14.2 Å². The van der Waals surface area contributed by atoms with Crippen LogP contribution in [0.15, 0.2) is 21.9 Å². The summed E-state index contributed by atoms with van der Waals surface area (Å²) in [7, 11) is 2.01. The third kappa shape index (κ3) is 2.70. The van der Waals surface area contributed by atoms with Crippen molar-refractivity contribution in [3.8, 4) is 0 Å². The molecule has 1 atom stereocenters. The molecule has 0 radical (unpaired) electrons. The van der Waals surface area contributed by atoms with Crippen molar-refractivity contribution in [2.45, 2.75) is 26.1 Å². The molecular formula is C12H19N3O3. The van der Waals surface area contributed by atoms with Crippen LogP contribution >= 0.6 is 0 Å². The van der Waals surface area contributed by atoms with Crippen LogP contribution in [0.25, 0.3) is 0 Å². The molecule has 1 unspecified atom stereocenters. The Morgan fingerprint density at radius 3 is 2.89 bits per heavy atom. The Labute approximate surface area is 105 Å². The maximum Gasteiger partial charge on any atom is 0.331 e. The number of likely N-dealkylation sites (N-methyl/N-ethyl adjacent to an activating group) is 1. The van der Waals surface area contributed by atoms with Crippen LogP contribution in [0, 0.1) is 0 Å². The zero-order chi connectivity index (χ0) is 13.1. The summed E-state index contributed by atoms with van der Waals surface area (Å²) in [5.41, 5.74) is -0.525. The molecule has 0 saturated carbocycles. The Morgan fingerprint density at radius 1 is 1.44 bits per heavy atom. The highest BCUT2D eigenvalue weighted by Crippen LogP contribution is 2.03. The highest BCUT2D eigenvalue weighted by molar-refractivity contribution is 4.87. The Kier molecular flexibility index (Phi) is 3.98. The van der Waals surface area contributed by atoms with E-state index in [9.17, 15) is 9.59 Å². The van der Waals surface area contributed by atoms with Gasteiger partial charge in [-0.25, -0.2) is 4.79 Å². The maximum absolute atomic E-state index is 12.0. The van der Waals surface area contributed by atoms with Crippen LogP contribution in [0.1, 0.15) is 6.92 Å². The van der Waals surface area contributed by atoms with Gasteiger partial charge >= 0.3 is 5.69 Å². The summed E-state index contributed by atoms with van der Waals surface area (Å²) >= 11 is 0. The van der Waals surface area contributed by atoms with Crippen LogP contribution in [-0.2, 0) is 17.8 Å². The molecule has 100 valence electrons. The van der Waals surface area contributed by atoms with Gasteiger partial charge in [-0.2, -0.15) is 0 Å². The molecule has 0 amide bonds. The number of hydrogen-bond donors (Lipinski definition) is 0. The van der Waals surface area contributed by atoms with E-state index in [-0.39, 0.29) is 17.4 Å². The number of hydrogen-bond acceptors (Lipinski definition) is 4. The van der Waals surface area contributed by atoms with Gasteiger partial charge in [0.25, 0.3) is 5.56 Å². The molecule has 0 bridgehead atoms. The molecule has 2 rings (SSSR count). The molecule has 2 heterocycles. The predicted molar refractivity (Wildman–Crippen MR) is 67.9 cm³/mol. The van der Waals surface area contributed by atoms with E-state index in [1.807, 2.05) is 14.0 Å². The van der Waals surface area contributed by atoms with Gasteiger partial charge in [-0.15, -0.1) is 0 Å². The van der Waals surface area contributed by atoms with Crippen molar-refractivity contribution < 1.29 is 4.74 Å². The van der Waals surface area contributed by atoms with Crippen molar-refractivity contribution in [3.05, 3.63) is 33.1 Å². The molecule has 18 heavy (non-hydrogen) atoms. The minimum Gasteiger partial charge on any atom is -0.374 e. The smallest absolute Gasteiger partial charge is 0.331 e. The fourth-order valence-corrected chi connectivity index (χ4v) is 2.15. The molecule has 1 aromatic heterocycles. The van der Waals surface area contributed by atoms with Gasteiger partial charge in [0.1, 0.15) is 0 Å². The number of morpholine rings is 1. The number of ether oxygens (including phenoxy) is 1. The molecule has 1 fully saturated rings. The summed E-state index contributed by atoms with van der Waals surface area (Å²) < 4.78 is 8.37. The lowest BCUT2D eigenvalue weighted by molar-refractivity contribution is -0.0286. The van der Waals surface area contributed by atoms with Crippen molar-refractivity contribution in [1.29, 1.82) is 0 Å². The van der Waals surface area contributed by atoms with Gasteiger partial charge in [0.05, 0.1) is 19.3 Å². The Morgan fingerprint density at radius 2 is 2.22 bits per heavy atom. The predicted octanol–water partition coefficient (Wildman–Crippen LogP) is -0.639. The number of aromatic nitrogens is 2. The first kappa shape index (κ1) is 13.0. The SMILES string of the molecule is CCn1ccc(=O)n(CC2CN(C)CCO2)c1=O. The van der Waals surface area contributed by atoms with Crippen LogP contribution in [0.5, 0.6) is 0 Å². The quantitative estimate of drug-likeness (QED) is 0.719. The van der Waals surface area contributed by atoms with Crippen molar-refractivity contribution in [1.82, 2.24) is 14.0 Å². The Balaban J connectivity index is 2.23. The van der Waals surface area contributed by atoms with Crippen LogP contribution in [0.3, 0.4) is 0 Å². The number of nitrogens with zero attached hydrogens (tertiary/aromatic N) is 3. The second-order valence-corrected chi connectivity index (χ2v) is 4.59. The summed E-state index contributed by atoms with van der Waals surface area (Å²) in [5.74, 6) is 0. The number of aryl methyl sites for hydroxylation is 1. The van der Waals surface area contributed by atoms with Gasteiger partial charge in [0, 0.05) is 31.9 Å². The topological polar surface area (TPSA) is 56.5 Å². The van der Waals surface area contributed by atoms with E-state index in [0.717, 1.165) is 13.1 Å². The molecule has 0 aromatic carbocycles. The molecule has 0 spiro atoms. The lowest BCUT2D eigenvalue weighted by atomic mass is 10.3. The second-order valence-electron chi connectivity index (χ2n) is 4.59. The molecule has 0 N–H and O–H groups in total. The average molecular weight is 253 g/mol. The third-order valence-corrected chi connectivity index (χ3v) is 3.21. The van der Waals surface area contributed by atoms with Gasteiger partial charge in [-0.1, -0.05) is 0 Å². The molecule has 1 aliphatic rings. The molecule has 1 aliphatic heterocycles. The fraction of sp³-hybridized carbons (Fsp3) is 0.667. The molecule has 6 heteroatoms. The average Bonchev–Trinajstić information content (AvgIpc) is 2.35. The van der Waals surface area contributed by atoms with E-state index in [1.54, 1.807) is 0 Å². The van der Waals surface area contributed by atoms with E-state index in [2.05, 4.69) is 4.90 Å². The summed E-state index contributed by atoms with van der Waals surface area (Å²) in [6.45, 7) is 5.03. The molecule has 6 nitrogen and oxygen atoms in total. The van der Waals surface area contributed by atoms with E-state index in [4.69, 9.17) is 4.74 Å². The zero-order valence-corrected chi connectivity index (χ0v) is 10.8. The first-order chi connectivity index (χ1) is 8.61. The van der Waals surface area contributed by atoms with Gasteiger partial charge in [0.15, 0.2) is 0 Å². The summed E-state index contributed by atoms with van der Waals surface area (Å²) in [6, 6.07) is 1.43. The third-order valence-electron chi connectivity index (χ3n) is 3.21. The lowest BCUT2D eigenvalue weighted by Gasteiger charge is -2.30. The summed E-state index contributed by atoms with van der Waals surface area (Å²) in [4.78, 5) is 25.9. The normalized spacial score (nSPS) is 21.1. The van der Waals surface area contributed by atoms with Crippen LogP contribution in [-0.4, -0.2) is 46.9 Å². The Hall–Kier alpha value is -1.40. The maximum atomic E-state index is 12.0. The molecule has 0 aliphatic carbocycles. The summed E-state index contributed by atoms with van der Waals surface area (Å²) in [5, 5.41) is 0. The van der Waals surface area contributed by atoms with E-state index in [0.29, 0.717) is 19.7 Å². The highest BCUT2D eigenvalue weighted by Gasteiger charge is 2.19. The van der Waals surface area contributed by atoms with Crippen molar-refractivity contribution in [2.75, 3.05) is 26.7 Å². The molecule has 1 saturated heterocycles. The second kappa shape index (κ2) is 5.49. The van der Waals surface area contributed by atoms with Crippen molar-refractivity contribution in [2.24, 2.45) is 0 Å². The van der Waals surface area contributed by atoms with E-state index in [1.165, 1.54) is 21.4 Å². The number of rotatable bonds is 3. The monoisotopic (exact) mass is 253 g/mol. The lowest BCUT2D eigenvalue weighted by Crippen LogP contribution is -2.47. The fourth-order valence-electron chi connectivity index (χ4n) is 2.15. The van der Waals surface area contributed by atoms with Crippen LogP contribution < -0.4 is 11.2 Å². The van der Waals surface area contributed by atoms with Gasteiger partial charge in [-0.3, -0.25) is 9.36 Å². The van der Waals surface area contributed by atoms with Gasteiger partial charge in [-0.05, 0) is 14.0 Å². The van der Waals surface area contributed by atoms with Crippen LogP contribution in [0.4, 0.5) is 0 Å². The van der Waals surface area contributed by atoms with Crippen molar-refractivity contribution in [3.63, 3.8) is 0 Å². The first-order valence-electron chi connectivity index (χ1n) is 6.22. The van der Waals surface area contributed by atoms with E-state index >= 15 is 0 Å². The largest absolute Gasteiger partial charge is 0.374 e. The zero-order valence-electron chi connectivity index (χ0n) is 10.8. The standard InChI is InChI=1S/C12H19N3O3/c1-3-14-5-4-11(16)15(12(14)17)9-10-8-13(2)6-7-18-10/h4-5,10H,3,6-9H2,1-2H3. The van der Waals surface area contributed by atoms with Gasteiger partial charge in [0.2, 0.25) is 0 Å². The highest BCUT2D eigenvalue weighted by atomic mass is 16.5.